The average molecular weight is 422 g/mol. The summed E-state index contributed by atoms with van der Waals surface area (Å²) in [5.41, 5.74) is 3.83. The van der Waals surface area contributed by atoms with Crippen molar-refractivity contribution in [3.8, 4) is 0 Å². The van der Waals surface area contributed by atoms with Crippen LogP contribution in [0.4, 0.5) is 0 Å². The van der Waals surface area contributed by atoms with Crippen LogP contribution in [-0.4, -0.2) is 27.4 Å². The van der Waals surface area contributed by atoms with Crippen molar-refractivity contribution in [2.45, 2.75) is 64.0 Å². The van der Waals surface area contributed by atoms with Crippen LogP contribution in [0.5, 0.6) is 0 Å². The van der Waals surface area contributed by atoms with E-state index in [1.807, 2.05) is 11.9 Å². The highest BCUT2D eigenvalue weighted by Gasteiger charge is 2.26. The first-order valence-corrected chi connectivity index (χ1v) is 11.8. The van der Waals surface area contributed by atoms with Crippen molar-refractivity contribution in [2.24, 2.45) is 0 Å². The second-order valence-corrected chi connectivity index (χ2v) is 9.58. The first-order chi connectivity index (χ1) is 14.6. The summed E-state index contributed by atoms with van der Waals surface area (Å²) in [6, 6.07) is 8.56. The van der Waals surface area contributed by atoms with Crippen molar-refractivity contribution in [3.05, 3.63) is 62.5 Å². The molecule has 156 valence electrons. The van der Waals surface area contributed by atoms with E-state index in [0.717, 1.165) is 48.7 Å². The van der Waals surface area contributed by atoms with E-state index in [0.29, 0.717) is 13.0 Å². The Bertz CT molecular complexity index is 1160. The number of hydrogen-bond acceptors (Lipinski definition) is 4. The van der Waals surface area contributed by atoms with Gasteiger partial charge in [-0.3, -0.25) is 14.2 Å². The van der Waals surface area contributed by atoms with E-state index in [1.165, 1.54) is 28.0 Å². The molecule has 0 saturated carbocycles. The van der Waals surface area contributed by atoms with E-state index < -0.39 is 0 Å². The van der Waals surface area contributed by atoms with Crippen molar-refractivity contribution in [3.63, 3.8) is 0 Å². The van der Waals surface area contributed by atoms with Gasteiger partial charge in [-0.2, -0.15) is 0 Å². The molecule has 6 heteroatoms. The van der Waals surface area contributed by atoms with Gasteiger partial charge in [0.25, 0.3) is 5.56 Å². The summed E-state index contributed by atoms with van der Waals surface area (Å²) < 4.78 is 1.63. The topological polar surface area (TPSA) is 55.2 Å². The van der Waals surface area contributed by atoms with E-state index in [4.69, 9.17) is 0 Å². The maximum absolute atomic E-state index is 13.1. The lowest BCUT2D eigenvalue weighted by molar-refractivity contribution is -0.132. The van der Waals surface area contributed by atoms with Crippen molar-refractivity contribution in [2.75, 3.05) is 7.05 Å². The highest BCUT2D eigenvalue weighted by atomic mass is 32.1. The smallest absolute Gasteiger partial charge is 0.262 e. The van der Waals surface area contributed by atoms with Gasteiger partial charge in [0.1, 0.15) is 4.83 Å². The van der Waals surface area contributed by atoms with E-state index in [2.05, 4.69) is 29.2 Å². The molecule has 5 nitrogen and oxygen atoms in total. The molecule has 30 heavy (non-hydrogen) atoms. The molecule has 0 fully saturated rings. The molecule has 1 amide bonds. The van der Waals surface area contributed by atoms with Gasteiger partial charge in [0.15, 0.2) is 0 Å². The minimum atomic E-state index is 0.0119. The second kappa shape index (κ2) is 7.99. The first-order valence-electron chi connectivity index (χ1n) is 11.0. The van der Waals surface area contributed by atoms with Crippen LogP contribution in [0.25, 0.3) is 10.2 Å². The Morgan fingerprint density at radius 3 is 2.93 bits per heavy atom. The number of rotatable bonds is 4. The number of carbonyl (C=O) groups excluding carboxylic acids is 1. The average Bonchev–Trinajstić information content (AvgIpc) is 3.17. The second-order valence-electron chi connectivity index (χ2n) is 8.50. The molecule has 0 saturated heterocycles. The van der Waals surface area contributed by atoms with Crippen LogP contribution in [-0.2, 0) is 30.6 Å². The number of thiophene rings is 1. The largest absolute Gasteiger partial charge is 0.339 e. The predicted molar refractivity (Wildman–Crippen MR) is 120 cm³/mol. The Labute approximate surface area is 180 Å². The Hall–Kier alpha value is -2.47. The van der Waals surface area contributed by atoms with Crippen LogP contribution < -0.4 is 5.56 Å². The molecule has 0 N–H and O–H groups in total. The molecule has 1 atom stereocenters. The van der Waals surface area contributed by atoms with E-state index in [1.54, 1.807) is 22.2 Å². The lowest BCUT2D eigenvalue weighted by Gasteiger charge is -2.33. The molecule has 0 radical (unpaired) electrons. The summed E-state index contributed by atoms with van der Waals surface area (Å²) in [4.78, 5) is 34.7. The van der Waals surface area contributed by atoms with Crippen LogP contribution in [0.1, 0.15) is 59.7 Å². The highest BCUT2D eigenvalue weighted by Crippen LogP contribution is 2.34. The zero-order chi connectivity index (χ0) is 20.7. The third kappa shape index (κ3) is 3.37. The molecule has 2 aliphatic carbocycles. The fourth-order valence-corrected chi connectivity index (χ4v) is 6.26. The number of benzene rings is 1. The van der Waals surface area contributed by atoms with E-state index >= 15 is 0 Å². The van der Waals surface area contributed by atoms with Crippen LogP contribution in [0.15, 0.2) is 35.4 Å². The van der Waals surface area contributed by atoms with Crippen LogP contribution >= 0.6 is 11.3 Å². The number of hydrogen-bond donors (Lipinski definition) is 0. The molecule has 2 heterocycles. The fourth-order valence-electron chi connectivity index (χ4n) is 5.04. The Kier molecular flexibility index (Phi) is 5.19. The molecule has 2 aliphatic rings. The monoisotopic (exact) mass is 421 g/mol. The molecule has 0 spiro atoms. The van der Waals surface area contributed by atoms with Gasteiger partial charge in [-0.05, 0) is 61.6 Å². The minimum absolute atomic E-state index is 0.0119. The van der Waals surface area contributed by atoms with Gasteiger partial charge in [-0.15, -0.1) is 11.3 Å². The molecule has 0 aliphatic heterocycles. The van der Waals surface area contributed by atoms with Crippen LogP contribution in [0.2, 0.25) is 0 Å². The normalized spacial score (nSPS) is 18.1. The highest BCUT2D eigenvalue weighted by molar-refractivity contribution is 7.18. The van der Waals surface area contributed by atoms with Gasteiger partial charge in [0, 0.05) is 24.9 Å². The van der Waals surface area contributed by atoms with Crippen LogP contribution in [0.3, 0.4) is 0 Å². The summed E-state index contributed by atoms with van der Waals surface area (Å²) in [5, 5.41) is 0.791. The summed E-state index contributed by atoms with van der Waals surface area (Å²) in [6.45, 7) is 0.379. The third-order valence-electron chi connectivity index (χ3n) is 6.71. The molecular formula is C24H27N3O2S. The van der Waals surface area contributed by atoms with Crippen LogP contribution in [0, 0.1) is 0 Å². The molecule has 1 unspecified atom stereocenters. The minimum Gasteiger partial charge on any atom is -0.339 e. The molecule has 3 aromatic rings. The fraction of sp³-hybridized carbons (Fsp3) is 0.458. The van der Waals surface area contributed by atoms with Gasteiger partial charge >= 0.3 is 0 Å². The lowest BCUT2D eigenvalue weighted by Crippen LogP contribution is -2.34. The van der Waals surface area contributed by atoms with Gasteiger partial charge in [-0.25, -0.2) is 4.98 Å². The number of amides is 1. The number of fused-ring (bicyclic) bond motifs is 4. The molecule has 5 rings (SSSR count). The summed E-state index contributed by atoms with van der Waals surface area (Å²) >= 11 is 1.66. The van der Waals surface area contributed by atoms with Gasteiger partial charge in [0.05, 0.1) is 17.8 Å². The maximum atomic E-state index is 13.1. The van der Waals surface area contributed by atoms with Gasteiger partial charge in [-0.1, -0.05) is 24.3 Å². The number of aryl methyl sites for hydroxylation is 4. The Balaban J connectivity index is 1.34. The Morgan fingerprint density at radius 2 is 2.03 bits per heavy atom. The zero-order valence-electron chi connectivity index (χ0n) is 17.4. The standard InChI is InChI=1S/C24H27N3O2S/c1-26(19-11-6-8-16-7-2-3-9-17(16)19)21(28)13-14-27-15-25-23-22(24(27)29)18-10-4-5-12-20(18)30-23/h2-3,7,9,15,19H,4-6,8,10-14H2,1H3. The molecule has 1 aromatic carbocycles. The number of nitrogens with zero attached hydrogens (tertiary/aromatic N) is 3. The maximum Gasteiger partial charge on any atom is 0.262 e. The summed E-state index contributed by atoms with van der Waals surface area (Å²) in [6.07, 6.45) is 9.47. The molecule has 0 bridgehead atoms. The SMILES string of the molecule is CN(C(=O)CCn1cnc2sc3c(c2c1=O)CCCC3)C1CCCc2ccccc21. The lowest BCUT2D eigenvalue weighted by atomic mass is 9.87. The van der Waals surface area contributed by atoms with E-state index in [-0.39, 0.29) is 17.5 Å². The van der Waals surface area contributed by atoms with Crippen molar-refractivity contribution < 1.29 is 4.79 Å². The Morgan fingerprint density at radius 1 is 1.20 bits per heavy atom. The van der Waals surface area contributed by atoms with Gasteiger partial charge < -0.3 is 4.90 Å². The molecule has 2 aromatic heterocycles. The van der Waals surface area contributed by atoms with Crippen molar-refractivity contribution in [1.82, 2.24) is 14.5 Å². The predicted octanol–water partition coefficient (Wildman–Crippen LogP) is 4.26. The van der Waals surface area contributed by atoms with Gasteiger partial charge in [0.2, 0.25) is 5.91 Å². The first kappa shape index (κ1) is 19.5. The van der Waals surface area contributed by atoms with E-state index in [9.17, 15) is 9.59 Å². The zero-order valence-corrected chi connectivity index (χ0v) is 18.2. The number of carbonyl (C=O) groups is 1. The summed E-state index contributed by atoms with van der Waals surface area (Å²) in [5.74, 6) is 0.0797. The van der Waals surface area contributed by atoms with Crippen molar-refractivity contribution >= 4 is 27.5 Å². The van der Waals surface area contributed by atoms with Crippen molar-refractivity contribution in [1.29, 1.82) is 0 Å². The number of aromatic nitrogens is 2. The third-order valence-corrected chi connectivity index (χ3v) is 7.91. The summed E-state index contributed by atoms with van der Waals surface area (Å²) in [7, 11) is 1.90. The molecular weight excluding hydrogens is 394 g/mol. The quantitative estimate of drug-likeness (QED) is 0.632.